The van der Waals surface area contributed by atoms with E-state index < -0.39 is 11.0 Å². The molecular formula is C15H14ClNO5. The van der Waals surface area contributed by atoms with Crippen LogP contribution in [0.25, 0.3) is 0 Å². The van der Waals surface area contributed by atoms with E-state index in [1.807, 2.05) is 18.2 Å². The molecule has 0 spiro atoms. The van der Waals surface area contributed by atoms with Crippen molar-refractivity contribution in [1.82, 2.24) is 0 Å². The van der Waals surface area contributed by atoms with Crippen molar-refractivity contribution >= 4 is 17.3 Å². The molecule has 1 N–H and O–H groups in total. The van der Waals surface area contributed by atoms with Crippen molar-refractivity contribution in [3.8, 4) is 11.5 Å². The Morgan fingerprint density at radius 1 is 1.14 bits per heavy atom. The minimum Gasteiger partial charge on any atom is -0.491 e. The van der Waals surface area contributed by atoms with Crippen LogP contribution in [0.2, 0.25) is 5.02 Å². The number of hydrogen-bond donors (Lipinski definition) is 1. The fourth-order valence-corrected chi connectivity index (χ4v) is 1.86. The SMILES string of the molecule is O=[N+]([O-])c1cc(Cl)ccc1OCC(O)COc1ccccc1. The molecule has 1 atom stereocenters. The van der Waals surface area contributed by atoms with Crippen LogP contribution in [-0.4, -0.2) is 29.3 Å². The molecule has 7 heteroatoms. The zero-order valence-electron chi connectivity index (χ0n) is 11.5. The molecule has 0 radical (unpaired) electrons. The molecule has 0 aromatic heterocycles. The van der Waals surface area contributed by atoms with Gasteiger partial charge in [0.05, 0.1) is 4.92 Å². The summed E-state index contributed by atoms with van der Waals surface area (Å²) in [6.45, 7) is -0.110. The van der Waals surface area contributed by atoms with Gasteiger partial charge in [0.15, 0.2) is 5.75 Å². The second kappa shape index (κ2) is 7.63. The van der Waals surface area contributed by atoms with E-state index in [1.54, 1.807) is 12.1 Å². The maximum Gasteiger partial charge on any atom is 0.312 e. The van der Waals surface area contributed by atoms with E-state index in [4.69, 9.17) is 21.1 Å². The van der Waals surface area contributed by atoms with Crippen LogP contribution >= 0.6 is 11.6 Å². The lowest BCUT2D eigenvalue weighted by Gasteiger charge is -2.13. The van der Waals surface area contributed by atoms with Gasteiger partial charge in [-0.2, -0.15) is 0 Å². The Morgan fingerprint density at radius 3 is 2.50 bits per heavy atom. The lowest BCUT2D eigenvalue weighted by atomic mass is 10.3. The van der Waals surface area contributed by atoms with Crippen LogP contribution in [0.15, 0.2) is 48.5 Å². The van der Waals surface area contributed by atoms with Crippen molar-refractivity contribution in [2.45, 2.75) is 6.10 Å². The lowest BCUT2D eigenvalue weighted by molar-refractivity contribution is -0.385. The first-order valence-electron chi connectivity index (χ1n) is 6.49. The largest absolute Gasteiger partial charge is 0.491 e. The lowest BCUT2D eigenvalue weighted by Crippen LogP contribution is -2.25. The Bertz CT molecular complexity index is 635. The number of halogens is 1. The highest BCUT2D eigenvalue weighted by atomic mass is 35.5. The normalized spacial score (nSPS) is 11.7. The van der Waals surface area contributed by atoms with E-state index in [0.717, 1.165) is 0 Å². The van der Waals surface area contributed by atoms with Gasteiger partial charge in [-0.05, 0) is 24.3 Å². The maximum atomic E-state index is 10.9. The second-order valence-corrected chi connectivity index (χ2v) is 4.89. The Balaban J connectivity index is 1.88. The third-order valence-electron chi connectivity index (χ3n) is 2.73. The van der Waals surface area contributed by atoms with Gasteiger partial charge in [0, 0.05) is 11.1 Å². The molecule has 1 unspecified atom stereocenters. The molecule has 0 aliphatic rings. The highest BCUT2D eigenvalue weighted by Gasteiger charge is 2.17. The van der Waals surface area contributed by atoms with E-state index in [0.29, 0.717) is 5.75 Å². The first kappa shape index (κ1) is 16.1. The van der Waals surface area contributed by atoms with Gasteiger partial charge < -0.3 is 14.6 Å². The van der Waals surface area contributed by atoms with E-state index in [1.165, 1.54) is 18.2 Å². The molecule has 0 saturated carbocycles. The smallest absolute Gasteiger partial charge is 0.312 e. The first-order chi connectivity index (χ1) is 10.6. The number of nitrogens with zero attached hydrogens (tertiary/aromatic N) is 1. The average Bonchev–Trinajstić information content (AvgIpc) is 2.52. The molecule has 6 nitrogen and oxygen atoms in total. The van der Waals surface area contributed by atoms with Crippen LogP contribution in [0, 0.1) is 10.1 Å². The number of nitro benzene ring substituents is 1. The van der Waals surface area contributed by atoms with E-state index in [2.05, 4.69) is 0 Å². The number of aliphatic hydroxyl groups is 1. The zero-order valence-corrected chi connectivity index (χ0v) is 12.3. The van der Waals surface area contributed by atoms with Gasteiger partial charge in [-0.15, -0.1) is 0 Å². The van der Waals surface area contributed by atoms with Gasteiger partial charge >= 0.3 is 5.69 Å². The summed E-state index contributed by atoms with van der Waals surface area (Å²) in [5, 5.41) is 21.0. The summed E-state index contributed by atoms with van der Waals surface area (Å²) in [4.78, 5) is 10.3. The summed E-state index contributed by atoms with van der Waals surface area (Å²) >= 11 is 5.71. The molecule has 0 saturated heterocycles. The number of para-hydroxylation sites is 1. The number of aliphatic hydroxyl groups excluding tert-OH is 1. The van der Waals surface area contributed by atoms with Gasteiger partial charge in [0.2, 0.25) is 0 Å². The van der Waals surface area contributed by atoms with E-state index >= 15 is 0 Å². The highest BCUT2D eigenvalue weighted by molar-refractivity contribution is 6.30. The molecule has 2 rings (SSSR count). The van der Waals surface area contributed by atoms with Crippen molar-refractivity contribution in [3.05, 3.63) is 63.7 Å². The third-order valence-corrected chi connectivity index (χ3v) is 2.97. The molecular weight excluding hydrogens is 310 g/mol. The number of rotatable bonds is 7. The van der Waals surface area contributed by atoms with Crippen LogP contribution < -0.4 is 9.47 Å². The summed E-state index contributed by atoms with van der Waals surface area (Å²) in [6, 6.07) is 13.1. The summed E-state index contributed by atoms with van der Waals surface area (Å²) in [7, 11) is 0. The van der Waals surface area contributed by atoms with Crippen LogP contribution in [0.1, 0.15) is 0 Å². The summed E-state index contributed by atoms with van der Waals surface area (Å²) in [5.41, 5.74) is -0.247. The van der Waals surface area contributed by atoms with Gasteiger partial charge in [-0.3, -0.25) is 10.1 Å². The summed E-state index contributed by atoms with van der Waals surface area (Å²) in [6.07, 6.45) is -0.921. The summed E-state index contributed by atoms with van der Waals surface area (Å²) in [5.74, 6) is 0.673. The van der Waals surface area contributed by atoms with Crippen molar-refractivity contribution in [1.29, 1.82) is 0 Å². The Kier molecular flexibility index (Phi) is 5.57. The fourth-order valence-electron chi connectivity index (χ4n) is 1.70. The van der Waals surface area contributed by atoms with Crippen LogP contribution in [0.5, 0.6) is 11.5 Å². The Labute approximate surface area is 132 Å². The van der Waals surface area contributed by atoms with Crippen molar-refractivity contribution in [3.63, 3.8) is 0 Å². The molecule has 0 heterocycles. The van der Waals surface area contributed by atoms with Crippen LogP contribution in [0.4, 0.5) is 5.69 Å². The zero-order chi connectivity index (χ0) is 15.9. The molecule has 2 aromatic rings. The van der Waals surface area contributed by atoms with Gasteiger partial charge in [0.1, 0.15) is 25.1 Å². The van der Waals surface area contributed by atoms with Crippen molar-refractivity contribution in [2.75, 3.05) is 13.2 Å². The number of hydrogen-bond acceptors (Lipinski definition) is 5. The maximum absolute atomic E-state index is 10.9. The average molecular weight is 324 g/mol. The van der Waals surface area contributed by atoms with Crippen molar-refractivity contribution < 1.29 is 19.5 Å². The highest BCUT2D eigenvalue weighted by Crippen LogP contribution is 2.29. The van der Waals surface area contributed by atoms with E-state index in [-0.39, 0.29) is 29.7 Å². The standard InChI is InChI=1S/C15H14ClNO5/c16-11-6-7-15(14(8-11)17(19)20)22-10-12(18)9-21-13-4-2-1-3-5-13/h1-8,12,18H,9-10H2. The molecule has 116 valence electrons. The minimum atomic E-state index is -0.921. The first-order valence-corrected chi connectivity index (χ1v) is 6.86. The Morgan fingerprint density at radius 2 is 1.82 bits per heavy atom. The number of nitro groups is 1. The van der Waals surface area contributed by atoms with Crippen molar-refractivity contribution in [2.24, 2.45) is 0 Å². The molecule has 0 amide bonds. The number of ether oxygens (including phenoxy) is 2. The van der Waals surface area contributed by atoms with Crippen LogP contribution in [0.3, 0.4) is 0 Å². The van der Waals surface area contributed by atoms with Gasteiger partial charge in [0.25, 0.3) is 0 Å². The third kappa shape index (κ3) is 4.61. The van der Waals surface area contributed by atoms with E-state index in [9.17, 15) is 15.2 Å². The quantitative estimate of drug-likeness (QED) is 0.625. The topological polar surface area (TPSA) is 81.8 Å². The van der Waals surface area contributed by atoms with Crippen LogP contribution in [-0.2, 0) is 0 Å². The molecule has 2 aromatic carbocycles. The predicted molar refractivity (Wildman–Crippen MR) is 81.5 cm³/mol. The Hall–Kier alpha value is -2.31. The fraction of sp³-hybridized carbons (Fsp3) is 0.200. The molecule has 0 bridgehead atoms. The molecule has 22 heavy (non-hydrogen) atoms. The monoisotopic (exact) mass is 323 g/mol. The molecule has 0 aliphatic heterocycles. The predicted octanol–water partition coefficient (Wildman–Crippen LogP) is 3.07. The minimum absolute atomic E-state index is 0.0192. The van der Waals surface area contributed by atoms with Gasteiger partial charge in [-0.25, -0.2) is 0 Å². The van der Waals surface area contributed by atoms with Gasteiger partial charge in [-0.1, -0.05) is 29.8 Å². The molecule has 0 aliphatic carbocycles. The summed E-state index contributed by atoms with van der Waals surface area (Å²) < 4.78 is 10.6. The molecule has 0 fully saturated rings. The number of benzene rings is 2. The second-order valence-electron chi connectivity index (χ2n) is 4.46.